The Bertz CT molecular complexity index is 931. The molecular weight excluding hydrogens is 358 g/mol. The highest BCUT2D eigenvalue weighted by Gasteiger charge is 2.09. The van der Waals surface area contributed by atoms with Gasteiger partial charge in [0.25, 0.3) is 5.91 Å². The van der Waals surface area contributed by atoms with E-state index in [1.807, 2.05) is 48.7 Å². The fraction of sp³-hybridized carbons (Fsp3) is 0.190. The predicted molar refractivity (Wildman–Crippen MR) is 107 cm³/mol. The van der Waals surface area contributed by atoms with Crippen LogP contribution in [0.15, 0.2) is 53.9 Å². The van der Waals surface area contributed by atoms with E-state index >= 15 is 0 Å². The highest BCUT2D eigenvalue weighted by molar-refractivity contribution is 7.09. The van der Waals surface area contributed by atoms with Crippen molar-refractivity contribution in [2.24, 2.45) is 0 Å². The summed E-state index contributed by atoms with van der Waals surface area (Å²) in [6.07, 6.45) is 1.10. The molecule has 1 heterocycles. The first-order chi connectivity index (χ1) is 13.0. The molecule has 0 saturated heterocycles. The molecule has 0 bridgehead atoms. The van der Waals surface area contributed by atoms with Gasteiger partial charge in [0.15, 0.2) is 0 Å². The van der Waals surface area contributed by atoms with Crippen LogP contribution in [-0.2, 0) is 17.6 Å². The fourth-order valence-corrected chi connectivity index (χ4v) is 3.23. The Balaban J connectivity index is 1.52. The molecule has 0 atom stereocenters. The third-order valence-electron chi connectivity index (χ3n) is 4.17. The van der Waals surface area contributed by atoms with Gasteiger partial charge in [-0.25, -0.2) is 4.98 Å². The Hall–Kier alpha value is -2.99. The van der Waals surface area contributed by atoms with E-state index in [-0.39, 0.29) is 18.2 Å². The van der Waals surface area contributed by atoms with Gasteiger partial charge < -0.3 is 0 Å². The van der Waals surface area contributed by atoms with E-state index < -0.39 is 0 Å². The van der Waals surface area contributed by atoms with E-state index in [2.05, 4.69) is 22.8 Å². The van der Waals surface area contributed by atoms with E-state index in [0.29, 0.717) is 5.56 Å². The second-order valence-corrected chi connectivity index (χ2v) is 7.24. The SMILES string of the molecule is CCc1ccc(C(=O)NNC(=O)Cc2ccc(-c3csc(C)n3)cc2)cc1. The molecule has 0 saturated carbocycles. The molecule has 3 rings (SSSR count). The molecule has 2 N–H and O–H groups in total. The second-order valence-electron chi connectivity index (χ2n) is 6.18. The van der Waals surface area contributed by atoms with Gasteiger partial charge in [-0.05, 0) is 36.6 Å². The summed E-state index contributed by atoms with van der Waals surface area (Å²) in [6.45, 7) is 4.03. The molecular formula is C21H21N3O2S. The molecule has 0 aliphatic heterocycles. The van der Waals surface area contributed by atoms with Crippen LogP contribution < -0.4 is 10.9 Å². The molecule has 2 aromatic carbocycles. The van der Waals surface area contributed by atoms with E-state index in [1.54, 1.807) is 23.5 Å². The molecule has 27 heavy (non-hydrogen) atoms. The highest BCUT2D eigenvalue weighted by atomic mass is 32.1. The van der Waals surface area contributed by atoms with Crippen LogP contribution >= 0.6 is 11.3 Å². The monoisotopic (exact) mass is 379 g/mol. The van der Waals surface area contributed by atoms with Crippen molar-refractivity contribution in [2.75, 3.05) is 0 Å². The number of hydrogen-bond donors (Lipinski definition) is 2. The zero-order valence-electron chi connectivity index (χ0n) is 15.3. The van der Waals surface area contributed by atoms with Crippen LogP contribution in [0.3, 0.4) is 0 Å². The van der Waals surface area contributed by atoms with Gasteiger partial charge in [0.1, 0.15) is 0 Å². The molecule has 5 nitrogen and oxygen atoms in total. The Labute approximate surface area is 162 Å². The Morgan fingerprint density at radius 1 is 0.963 bits per heavy atom. The maximum atomic E-state index is 12.1. The Morgan fingerprint density at radius 3 is 2.22 bits per heavy atom. The summed E-state index contributed by atoms with van der Waals surface area (Å²) in [5.41, 5.74) is 9.40. The lowest BCUT2D eigenvalue weighted by Gasteiger charge is -2.08. The lowest BCUT2D eigenvalue weighted by Crippen LogP contribution is -2.42. The number of nitrogens with zero attached hydrogens (tertiary/aromatic N) is 1. The van der Waals surface area contributed by atoms with Crippen molar-refractivity contribution < 1.29 is 9.59 Å². The quantitative estimate of drug-likeness (QED) is 0.664. The van der Waals surface area contributed by atoms with Gasteiger partial charge >= 0.3 is 0 Å². The average Bonchev–Trinajstić information content (AvgIpc) is 3.13. The first-order valence-electron chi connectivity index (χ1n) is 8.74. The van der Waals surface area contributed by atoms with Crippen LogP contribution in [0.1, 0.15) is 33.4 Å². The summed E-state index contributed by atoms with van der Waals surface area (Å²) in [7, 11) is 0. The molecule has 6 heteroatoms. The van der Waals surface area contributed by atoms with Gasteiger partial charge in [0.2, 0.25) is 5.91 Å². The first-order valence-corrected chi connectivity index (χ1v) is 9.62. The third kappa shape index (κ3) is 5.01. The maximum absolute atomic E-state index is 12.1. The summed E-state index contributed by atoms with van der Waals surface area (Å²) >= 11 is 1.61. The first kappa shape index (κ1) is 18.8. The number of carbonyl (C=O) groups excluding carboxylic acids is 2. The van der Waals surface area contributed by atoms with Crippen molar-refractivity contribution >= 4 is 23.2 Å². The molecule has 0 unspecified atom stereocenters. The molecule has 0 fully saturated rings. The lowest BCUT2D eigenvalue weighted by atomic mass is 10.1. The minimum Gasteiger partial charge on any atom is -0.273 e. The Kier molecular flexibility index (Phi) is 5.98. The number of aryl methyl sites for hydroxylation is 2. The lowest BCUT2D eigenvalue weighted by molar-refractivity contribution is -0.121. The number of hydrogen-bond acceptors (Lipinski definition) is 4. The van der Waals surface area contributed by atoms with Crippen molar-refractivity contribution in [3.8, 4) is 11.3 Å². The van der Waals surface area contributed by atoms with Crippen molar-refractivity contribution in [3.63, 3.8) is 0 Å². The van der Waals surface area contributed by atoms with Crippen LogP contribution in [0.2, 0.25) is 0 Å². The van der Waals surface area contributed by atoms with Crippen LogP contribution in [0.4, 0.5) is 0 Å². The number of hydrazine groups is 1. The Morgan fingerprint density at radius 2 is 1.63 bits per heavy atom. The van der Waals surface area contributed by atoms with Crippen LogP contribution in [-0.4, -0.2) is 16.8 Å². The van der Waals surface area contributed by atoms with Crippen molar-refractivity contribution in [1.82, 2.24) is 15.8 Å². The molecule has 2 amide bonds. The zero-order chi connectivity index (χ0) is 19.2. The van der Waals surface area contributed by atoms with E-state index in [1.165, 1.54) is 0 Å². The van der Waals surface area contributed by atoms with Crippen molar-refractivity contribution in [3.05, 3.63) is 75.6 Å². The van der Waals surface area contributed by atoms with E-state index in [4.69, 9.17) is 0 Å². The highest BCUT2D eigenvalue weighted by Crippen LogP contribution is 2.21. The third-order valence-corrected chi connectivity index (χ3v) is 4.95. The largest absolute Gasteiger partial charge is 0.273 e. The van der Waals surface area contributed by atoms with Crippen molar-refractivity contribution in [2.45, 2.75) is 26.7 Å². The van der Waals surface area contributed by atoms with Gasteiger partial charge in [-0.1, -0.05) is 43.3 Å². The topological polar surface area (TPSA) is 71.1 Å². The zero-order valence-corrected chi connectivity index (χ0v) is 16.1. The number of amides is 2. The van der Waals surface area contributed by atoms with Crippen LogP contribution in [0.5, 0.6) is 0 Å². The smallest absolute Gasteiger partial charge is 0.269 e. The number of rotatable bonds is 5. The summed E-state index contributed by atoms with van der Waals surface area (Å²) in [5.74, 6) is -0.606. The summed E-state index contributed by atoms with van der Waals surface area (Å²) in [6, 6.07) is 15.0. The summed E-state index contributed by atoms with van der Waals surface area (Å²) in [5, 5.41) is 3.04. The van der Waals surface area contributed by atoms with Crippen molar-refractivity contribution in [1.29, 1.82) is 0 Å². The minimum atomic E-state index is -0.333. The normalized spacial score (nSPS) is 10.4. The minimum absolute atomic E-state index is 0.186. The molecule has 0 spiro atoms. The standard InChI is InChI=1S/C21H21N3O2S/c1-3-15-4-10-18(11-5-15)21(26)24-23-20(25)12-16-6-8-17(9-7-16)19-13-27-14(2)22-19/h4-11,13H,3,12H2,1-2H3,(H,23,25)(H,24,26). The van der Waals surface area contributed by atoms with Gasteiger partial charge in [-0.3, -0.25) is 20.4 Å². The van der Waals surface area contributed by atoms with Gasteiger partial charge in [0.05, 0.1) is 17.1 Å². The number of nitrogens with one attached hydrogen (secondary N) is 2. The number of aromatic nitrogens is 1. The summed E-state index contributed by atoms with van der Waals surface area (Å²) < 4.78 is 0. The molecule has 0 radical (unpaired) electrons. The number of thiazole rings is 1. The predicted octanol–water partition coefficient (Wildman–Crippen LogP) is 3.68. The van der Waals surface area contributed by atoms with Crippen LogP contribution in [0, 0.1) is 6.92 Å². The van der Waals surface area contributed by atoms with Gasteiger partial charge in [-0.15, -0.1) is 11.3 Å². The van der Waals surface area contributed by atoms with E-state index in [0.717, 1.165) is 33.8 Å². The average molecular weight is 379 g/mol. The molecule has 3 aromatic rings. The molecule has 0 aliphatic carbocycles. The fourth-order valence-electron chi connectivity index (χ4n) is 2.61. The van der Waals surface area contributed by atoms with Gasteiger partial charge in [0, 0.05) is 16.5 Å². The maximum Gasteiger partial charge on any atom is 0.269 e. The van der Waals surface area contributed by atoms with Gasteiger partial charge in [-0.2, -0.15) is 0 Å². The summed E-state index contributed by atoms with van der Waals surface area (Å²) in [4.78, 5) is 28.6. The number of benzene rings is 2. The molecule has 0 aliphatic rings. The van der Waals surface area contributed by atoms with Crippen LogP contribution in [0.25, 0.3) is 11.3 Å². The molecule has 138 valence electrons. The van der Waals surface area contributed by atoms with E-state index in [9.17, 15) is 9.59 Å². The second kappa shape index (κ2) is 8.60. The molecule has 1 aromatic heterocycles. The number of carbonyl (C=O) groups is 2.